The van der Waals surface area contributed by atoms with Crippen LogP contribution in [0.4, 0.5) is 8.78 Å². The second-order valence-electron chi connectivity index (χ2n) is 3.26. The van der Waals surface area contributed by atoms with Gasteiger partial charge >= 0.3 is 0 Å². The Bertz CT molecular complexity index is 563. The lowest BCUT2D eigenvalue weighted by Crippen LogP contribution is -1.97. The number of nitrogens with zero attached hydrogens (tertiary/aromatic N) is 2. The molecule has 17 heavy (non-hydrogen) atoms. The predicted octanol–water partition coefficient (Wildman–Crippen LogP) is 3.62. The first-order valence-corrected chi connectivity index (χ1v) is 5.47. The van der Waals surface area contributed by atoms with Crippen LogP contribution in [0.25, 0.3) is 0 Å². The number of aryl methyl sites for hydroxylation is 1. The molecule has 0 saturated carbocycles. The summed E-state index contributed by atoms with van der Waals surface area (Å²) in [6, 6.07) is 3.87. The van der Waals surface area contributed by atoms with Crippen LogP contribution in [0.15, 0.2) is 29.0 Å². The summed E-state index contributed by atoms with van der Waals surface area (Å²) >= 11 is 3.17. The van der Waals surface area contributed by atoms with Gasteiger partial charge in [0.1, 0.15) is 17.9 Å². The largest absolute Gasteiger partial charge is 0.435 e. The molecule has 88 valence electrons. The van der Waals surface area contributed by atoms with Crippen molar-refractivity contribution >= 4 is 15.9 Å². The molecule has 1 aromatic heterocycles. The minimum atomic E-state index is -0.663. The Hall–Kier alpha value is -1.56. The number of rotatable bonds is 2. The van der Waals surface area contributed by atoms with Crippen LogP contribution in [0.5, 0.6) is 11.6 Å². The van der Waals surface area contributed by atoms with Crippen LogP contribution in [-0.2, 0) is 0 Å². The molecule has 0 amide bonds. The van der Waals surface area contributed by atoms with Crippen molar-refractivity contribution in [2.75, 3.05) is 0 Å². The molecule has 1 aromatic carbocycles. The van der Waals surface area contributed by atoms with Gasteiger partial charge in [0, 0.05) is 6.07 Å². The van der Waals surface area contributed by atoms with Crippen molar-refractivity contribution in [2.24, 2.45) is 0 Å². The minimum Gasteiger partial charge on any atom is -0.435 e. The fourth-order valence-corrected chi connectivity index (χ4v) is 1.49. The lowest BCUT2D eigenvalue weighted by Gasteiger charge is -2.08. The maximum absolute atomic E-state index is 13.6. The van der Waals surface area contributed by atoms with Crippen molar-refractivity contribution in [2.45, 2.75) is 6.92 Å². The molecule has 0 unspecified atom stereocenters. The van der Waals surface area contributed by atoms with E-state index in [4.69, 9.17) is 4.74 Å². The summed E-state index contributed by atoms with van der Waals surface area (Å²) in [4.78, 5) is 7.32. The molecule has 0 spiro atoms. The Morgan fingerprint density at radius 1 is 1.24 bits per heavy atom. The van der Waals surface area contributed by atoms with Crippen LogP contribution in [0.1, 0.15) is 5.69 Å². The Morgan fingerprint density at radius 2 is 2.00 bits per heavy atom. The Morgan fingerprint density at radius 3 is 2.76 bits per heavy atom. The smallest absolute Gasteiger partial charge is 0.259 e. The fourth-order valence-electron chi connectivity index (χ4n) is 1.17. The molecule has 0 bridgehead atoms. The van der Waals surface area contributed by atoms with E-state index in [1.54, 1.807) is 0 Å². The number of ether oxygens (including phenoxy) is 1. The van der Waals surface area contributed by atoms with E-state index in [9.17, 15) is 8.78 Å². The molecule has 3 nitrogen and oxygen atoms in total. The lowest BCUT2D eigenvalue weighted by molar-refractivity contribution is 0.412. The highest BCUT2D eigenvalue weighted by Crippen LogP contribution is 2.30. The molecule has 2 aromatic rings. The van der Waals surface area contributed by atoms with Crippen LogP contribution < -0.4 is 4.74 Å². The minimum absolute atomic E-state index is 0.155. The molecule has 0 radical (unpaired) electrons. The average Bonchev–Trinajstić information content (AvgIpc) is 2.30. The molecule has 0 aliphatic rings. The van der Waals surface area contributed by atoms with Crippen LogP contribution in [0, 0.1) is 18.6 Å². The highest BCUT2D eigenvalue weighted by atomic mass is 79.9. The van der Waals surface area contributed by atoms with Crippen molar-refractivity contribution in [1.82, 2.24) is 9.97 Å². The van der Waals surface area contributed by atoms with Gasteiger partial charge in [-0.2, -0.15) is 9.37 Å². The van der Waals surface area contributed by atoms with Gasteiger partial charge in [0.2, 0.25) is 5.82 Å². The Balaban J connectivity index is 2.38. The Kier molecular flexibility index (Phi) is 3.33. The van der Waals surface area contributed by atoms with E-state index in [0.717, 1.165) is 6.07 Å². The van der Waals surface area contributed by atoms with Crippen molar-refractivity contribution < 1.29 is 13.5 Å². The summed E-state index contributed by atoms with van der Waals surface area (Å²) in [7, 11) is 0. The van der Waals surface area contributed by atoms with Gasteiger partial charge in [-0.3, -0.25) is 0 Å². The molecule has 0 aliphatic carbocycles. The monoisotopic (exact) mass is 300 g/mol. The second kappa shape index (κ2) is 4.75. The van der Waals surface area contributed by atoms with Crippen molar-refractivity contribution in [3.8, 4) is 11.6 Å². The highest BCUT2D eigenvalue weighted by molar-refractivity contribution is 9.10. The zero-order chi connectivity index (χ0) is 12.4. The zero-order valence-electron chi connectivity index (χ0n) is 8.75. The molecule has 0 aliphatic heterocycles. The van der Waals surface area contributed by atoms with E-state index < -0.39 is 11.6 Å². The summed E-state index contributed by atoms with van der Waals surface area (Å²) < 4.78 is 32.3. The molecule has 0 saturated heterocycles. The summed E-state index contributed by atoms with van der Waals surface area (Å²) in [6.45, 7) is 1.49. The van der Waals surface area contributed by atoms with E-state index in [-0.39, 0.29) is 17.3 Å². The molecule has 0 atom stereocenters. The van der Waals surface area contributed by atoms with E-state index in [1.807, 2.05) is 0 Å². The molecule has 0 N–H and O–H groups in total. The van der Waals surface area contributed by atoms with Crippen molar-refractivity contribution in [3.05, 3.63) is 46.3 Å². The fraction of sp³-hybridized carbons (Fsp3) is 0.0909. The molecule has 1 heterocycles. The van der Waals surface area contributed by atoms with Crippen molar-refractivity contribution in [3.63, 3.8) is 0 Å². The zero-order valence-corrected chi connectivity index (χ0v) is 10.3. The molecular weight excluding hydrogens is 294 g/mol. The third-order valence-corrected chi connectivity index (χ3v) is 2.69. The van der Waals surface area contributed by atoms with E-state index in [2.05, 4.69) is 25.9 Å². The first-order chi connectivity index (χ1) is 8.08. The van der Waals surface area contributed by atoms with Gasteiger partial charge in [-0.05, 0) is 35.0 Å². The van der Waals surface area contributed by atoms with E-state index >= 15 is 0 Å². The quantitative estimate of drug-likeness (QED) is 0.850. The van der Waals surface area contributed by atoms with Gasteiger partial charge in [0.15, 0.2) is 0 Å². The number of hydrogen-bond acceptors (Lipinski definition) is 3. The summed E-state index contributed by atoms with van der Waals surface area (Å²) in [6.07, 6.45) is 1.18. The topological polar surface area (TPSA) is 35.0 Å². The maximum Gasteiger partial charge on any atom is 0.259 e. The standard InChI is InChI=1S/C11H7BrF2N2O/c1-6-10(14)11(16-5-15-6)17-9-4-7(13)2-3-8(9)12/h2-5H,1H3. The molecule has 6 heteroatoms. The van der Waals surface area contributed by atoms with Gasteiger partial charge in [-0.1, -0.05) is 0 Å². The highest BCUT2D eigenvalue weighted by Gasteiger charge is 2.12. The Labute approximate surface area is 105 Å². The van der Waals surface area contributed by atoms with Gasteiger partial charge < -0.3 is 4.74 Å². The molecule has 0 fully saturated rings. The van der Waals surface area contributed by atoms with E-state index in [1.165, 1.54) is 25.4 Å². The number of halogens is 3. The summed E-state index contributed by atoms with van der Waals surface area (Å²) in [5.74, 6) is -1.22. The number of benzene rings is 1. The average molecular weight is 301 g/mol. The van der Waals surface area contributed by atoms with Crippen molar-refractivity contribution in [1.29, 1.82) is 0 Å². The van der Waals surface area contributed by atoms with Gasteiger partial charge in [0.25, 0.3) is 5.88 Å². The normalized spacial score (nSPS) is 10.4. The van der Waals surface area contributed by atoms with Crippen LogP contribution in [0.3, 0.4) is 0 Å². The van der Waals surface area contributed by atoms with Gasteiger partial charge in [-0.15, -0.1) is 0 Å². The number of hydrogen-bond donors (Lipinski definition) is 0. The lowest BCUT2D eigenvalue weighted by atomic mass is 10.3. The summed E-state index contributed by atoms with van der Waals surface area (Å²) in [5.41, 5.74) is 0.169. The SMILES string of the molecule is Cc1ncnc(Oc2cc(F)ccc2Br)c1F. The summed E-state index contributed by atoms with van der Waals surface area (Å²) in [5, 5.41) is 0. The molecule has 2 rings (SSSR count). The van der Waals surface area contributed by atoms with Crippen LogP contribution >= 0.6 is 15.9 Å². The van der Waals surface area contributed by atoms with Crippen LogP contribution in [0.2, 0.25) is 0 Å². The third kappa shape index (κ3) is 2.58. The predicted molar refractivity (Wildman–Crippen MR) is 60.9 cm³/mol. The third-order valence-electron chi connectivity index (χ3n) is 2.03. The van der Waals surface area contributed by atoms with Gasteiger partial charge in [-0.25, -0.2) is 9.37 Å². The maximum atomic E-state index is 13.6. The van der Waals surface area contributed by atoms with E-state index in [0.29, 0.717) is 4.47 Å². The van der Waals surface area contributed by atoms with Crippen LogP contribution in [-0.4, -0.2) is 9.97 Å². The number of aromatic nitrogens is 2. The first kappa shape index (κ1) is 11.9. The van der Waals surface area contributed by atoms with Gasteiger partial charge in [0.05, 0.1) is 10.2 Å². The molecular formula is C11H7BrF2N2O. The second-order valence-corrected chi connectivity index (χ2v) is 4.11. The first-order valence-electron chi connectivity index (χ1n) is 4.68.